The van der Waals surface area contributed by atoms with Crippen molar-refractivity contribution in [2.45, 2.75) is 33.4 Å². The number of rotatable bonds is 8. The molecule has 0 saturated heterocycles. The molecule has 0 spiro atoms. The summed E-state index contributed by atoms with van der Waals surface area (Å²) in [7, 11) is 1.52. The zero-order chi connectivity index (χ0) is 26.6. The normalized spacial score (nSPS) is 11.6. The van der Waals surface area contributed by atoms with Crippen LogP contribution in [0.3, 0.4) is 0 Å². The Balaban J connectivity index is 2.26. The van der Waals surface area contributed by atoms with Gasteiger partial charge in [0.2, 0.25) is 0 Å². The van der Waals surface area contributed by atoms with Gasteiger partial charge in [0.15, 0.2) is 0 Å². The molecule has 2 aromatic carbocycles. The Hall–Kier alpha value is -3.66. The SMILES string of the molecule is CCN(Cc1cc(F)ccc1C(Oc1cc(C)[nH]c(=O)c1Br)c1cc(C(=O)NC)ccc1C)C(=O)O. The van der Waals surface area contributed by atoms with Crippen LogP contribution in [0.5, 0.6) is 5.75 Å². The maximum atomic E-state index is 14.3. The molecule has 3 N–H and O–H groups in total. The molecule has 0 aliphatic carbocycles. The number of pyridine rings is 1. The van der Waals surface area contributed by atoms with Crippen LogP contribution in [-0.4, -0.2) is 40.6 Å². The van der Waals surface area contributed by atoms with Crippen molar-refractivity contribution in [3.8, 4) is 5.75 Å². The highest BCUT2D eigenvalue weighted by Crippen LogP contribution is 2.36. The van der Waals surface area contributed by atoms with Crippen LogP contribution in [0.1, 0.15) is 51.3 Å². The van der Waals surface area contributed by atoms with E-state index < -0.39 is 18.0 Å². The number of hydrogen-bond donors (Lipinski definition) is 3. The van der Waals surface area contributed by atoms with Crippen molar-refractivity contribution >= 4 is 27.9 Å². The van der Waals surface area contributed by atoms with E-state index in [0.29, 0.717) is 27.9 Å². The van der Waals surface area contributed by atoms with Gasteiger partial charge in [0.25, 0.3) is 11.5 Å². The van der Waals surface area contributed by atoms with E-state index in [0.717, 1.165) is 10.5 Å². The van der Waals surface area contributed by atoms with Gasteiger partial charge in [-0.1, -0.05) is 12.1 Å². The third kappa shape index (κ3) is 5.93. The number of hydrogen-bond acceptors (Lipinski definition) is 4. The minimum Gasteiger partial charge on any atom is -0.480 e. The zero-order valence-corrected chi connectivity index (χ0v) is 21.9. The van der Waals surface area contributed by atoms with E-state index in [-0.39, 0.29) is 34.8 Å². The van der Waals surface area contributed by atoms with Crippen LogP contribution in [0.25, 0.3) is 0 Å². The lowest BCUT2D eigenvalue weighted by atomic mass is 9.92. The van der Waals surface area contributed by atoms with Crippen LogP contribution >= 0.6 is 15.9 Å². The summed E-state index contributed by atoms with van der Waals surface area (Å²) in [5.74, 6) is -0.588. The summed E-state index contributed by atoms with van der Waals surface area (Å²) in [6.07, 6.45) is -2.04. The minimum atomic E-state index is -1.14. The Morgan fingerprint density at radius 3 is 2.53 bits per heavy atom. The van der Waals surface area contributed by atoms with Gasteiger partial charge < -0.3 is 25.0 Å². The second kappa shape index (κ2) is 11.4. The third-order valence-electron chi connectivity index (χ3n) is 5.77. The van der Waals surface area contributed by atoms with E-state index >= 15 is 0 Å². The fourth-order valence-electron chi connectivity index (χ4n) is 3.85. The lowest BCUT2D eigenvalue weighted by molar-refractivity contribution is 0.0962. The summed E-state index contributed by atoms with van der Waals surface area (Å²) in [5, 5.41) is 12.2. The summed E-state index contributed by atoms with van der Waals surface area (Å²) in [6, 6.07) is 10.8. The van der Waals surface area contributed by atoms with E-state index in [1.807, 2.05) is 6.92 Å². The van der Waals surface area contributed by atoms with Crippen LogP contribution in [0.2, 0.25) is 0 Å². The Kier molecular flexibility index (Phi) is 8.52. The summed E-state index contributed by atoms with van der Waals surface area (Å²) in [4.78, 5) is 40.3. The molecule has 1 aromatic heterocycles. The molecular formula is C26H27BrFN3O5. The van der Waals surface area contributed by atoms with Gasteiger partial charge in [-0.2, -0.15) is 0 Å². The first kappa shape index (κ1) is 26.9. The van der Waals surface area contributed by atoms with Gasteiger partial charge in [-0.15, -0.1) is 0 Å². The highest BCUT2D eigenvalue weighted by Gasteiger charge is 2.26. The van der Waals surface area contributed by atoms with Gasteiger partial charge in [0, 0.05) is 48.6 Å². The average molecular weight is 560 g/mol. The number of nitrogens with zero attached hydrogens (tertiary/aromatic N) is 1. The lowest BCUT2D eigenvalue weighted by Gasteiger charge is -2.27. The summed E-state index contributed by atoms with van der Waals surface area (Å²) >= 11 is 3.28. The van der Waals surface area contributed by atoms with Gasteiger partial charge in [0.1, 0.15) is 22.1 Å². The molecule has 3 aromatic rings. The molecular weight excluding hydrogens is 533 g/mol. The smallest absolute Gasteiger partial charge is 0.407 e. The van der Waals surface area contributed by atoms with Crippen LogP contribution < -0.4 is 15.6 Å². The molecule has 0 saturated carbocycles. The van der Waals surface area contributed by atoms with E-state index in [9.17, 15) is 23.9 Å². The molecule has 2 amide bonds. The van der Waals surface area contributed by atoms with E-state index in [1.54, 1.807) is 38.1 Å². The fraction of sp³-hybridized carbons (Fsp3) is 0.269. The van der Waals surface area contributed by atoms with Crippen molar-refractivity contribution in [3.05, 3.63) is 96.6 Å². The van der Waals surface area contributed by atoms with Crippen LogP contribution in [0.4, 0.5) is 9.18 Å². The van der Waals surface area contributed by atoms with Crippen LogP contribution in [0.15, 0.2) is 51.7 Å². The van der Waals surface area contributed by atoms with Crippen molar-refractivity contribution in [1.82, 2.24) is 15.2 Å². The average Bonchev–Trinajstić information content (AvgIpc) is 2.84. The first-order valence-corrected chi connectivity index (χ1v) is 12.0. The molecule has 1 heterocycles. The number of carbonyl (C=O) groups excluding carboxylic acids is 1. The quantitative estimate of drug-likeness (QED) is 0.362. The molecule has 0 bridgehead atoms. The molecule has 8 nitrogen and oxygen atoms in total. The molecule has 1 unspecified atom stereocenters. The van der Waals surface area contributed by atoms with Crippen molar-refractivity contribution < 1.29 is 23.8 Å². The summed E-state index contributed by atoms with van der Waals surface area (Å²) in [5.41, 5.74) is 2.84. The number of carbonyl (C=O) groups is 2. The van der Waals surface area contributed by atoms with Crippen molar-refractivity contribution in [1.29, 1.82) is 0 Å². The number of aromatic nitrogens is 1. The summed E-state index contributed by atoms with van der Waals surface area (Å²) in [6.45, 7) is 5.36. The molecule has 0 aliphatic rings. The number of carboxylic acid groups (broad SMARTS) is 1. The Morgan fingerprint density at radius 2 is 1.89 bits per heavy atom. The van der Waals surface area contributed by atoms with Crippen LogP contribution in [-0.2, 0) is 6.54 Å². The molecule has 10 heteroatoms. The maximum Gasteiger partial charge on any atom is 0.407 e. The molecule has 36 heavy (non-hydrogen) atoms. The minimum absolute atomic E-state index is 0.0808. The predicted molar refractivity (Wildman–Crippen MR) is 137 cm³/mol. The Labute approximate surface area is 216 Å². The van der Waals surface area contributed by atoms with Crippen molar-refractivity contribution in [2.24, 2.45) is 0 Å². The number of nitrogens with one attached hydrogen (secondary N) is 2. The van der Waals surface area contributed by atoms with E-state index in [4.69, 9.17) is 4.74 Å². The zero-order valence-electron chi connectivity index (χ0n) is 20.3. The van der Waals surface area contributed by atoms with Gasteiger partial charge in [-0.05, 0) is 72.1 Å². The fourth-order valence-corrected chi connectivity index (χ4v) is 4.15. The topological polar surface area (TPSA) is 112 Å². The standard InChI is InChI=1S/C26H27BrFN3O5/c1-5-31(26(34)35)13-17-11-18(28)8-9-19(17)23(36-21-10-15(3)30-25(33)22(21)27)20-12-16(24(32)29-4)7-6-14(20)2/h6-12,23H,5,13H2,1-4H3,(H,29,32)(H,30,33)(H,34,35). The first-order chi connectivity index (χ1) is 17.0. The molecule has 190 valence electrons. The molecule has 0 radical (unpaired) electrons. The van der Waals surface area contributed by atoms with Crippen LogP contribution in [0, 0.1) is 19.7 Å². The molecule has 0 aliphatic heterocycles. The monoisotopic (exact) mass is 559 g/mol. The lowest BCUT2D eigenvalue weighted by Crippen LogP contribution is -2.29. The first-order valence-electron chi connectivity index (χ1n) is 11.2. The van der Waals surface area contributed by atoms with E-state index in [1.165, 1.54) is 25.2 Å². The largest absolute Gasteiger partial charge is 0.480 e. The predicted octanol–water partition coefficient (Wildman–Crippen LogP) is 4.92. The Bertz CT molecular complexity index is 1360. The number of ether oxygens (including phenoxy) is 1. The number of amides is 2. The Morgan fingerprint density at radius 1 is 1.17 bits per heavy atom. The molecule has 1 atom stereocenters. The van der Waals surface area contributed by atoms with Gasteiger partial charge in [-0.25, -0.2) is 9.18 Å². The number of aryl methyl sites for hydroxylation is 2. The number of halogens is 2. The van der Waals surface area contributed by atoms with Crippen molar-refractivity contribution in [2.75, 3.05) is 13.6 Å². The van der Waals surface area contributed by atoms with Crippen molar-refractivity contribution in [3.63, 3.8) is 0 Å². The highest BCUT2D eigenvalue weighted by molar-refractivity contribution is 9.10. The van der Waals surface area contributed by atoms with Gasteiger partial charge in [0.05, 0.1) is 0 Å². The summed E-state index contributed by atoms with van der Waals surface area (Å²) < 4.78 is 20.9. The molecule has 3 rings (SSSR count). The number of H-pyrrole nitrogens is 1. The maximum absolute atomic E-state index is 14.3. The highest BCUT2D eigenvalue weighted by atomic mass is 79.9. The number of aromatic amines is 1. The third-order valence-corrected chi connectivity index (χ3v) is 6.52. The van der Waals surface area contributed by atoms with E-state index in [2.05, 4.69) is 26.2 Å². The second-order valence-corrected chi connectivity index (χ2v) is 9.04. The van der Waals surface area contributed by atoms with Gasteiger partial charge in [-0.3, -0.25) is 9.59 Å². The number of benzene rings is 2. The second-order valence-electron chi connectivity index (χ2n) is 8.25. The molecule has 0 fully saturated rings. The van der Waals surface area contributed by atoms with Gasteiger partial charge >= 0.3 is 6.09 Å².